The Balaban J connectivity index is 1.38. The predicted octanol–water partition coefficient (Wildman–Crippen LogP) is 2.48. The zero-order valence-corrected chi connectivity index (χ0v) is 22.6. The molecule has 10 nitrogen and oxygen atoms in total. The average Bonchev–Trinajstić information content (AvgIpc) is 3.13. The molecular formula is C28H41N3O7. The lowest BCUT2D eigenvalue weighted by molar-refractivity contribution is -0.159. The third-order valence-corrected chi connectivity index (χ3v) is 10.4. The van der Waals surface area contributed by atoms with Crippen molar-refractivity contribution in [2.75, 3.05) is 6.61 Å². The molecule has 0 unspecified atom stereocenters. The molecule has 0 saturated heterocycles. The summed E-state index contributed by atoms with van der Waals surface area (Å²) in [4.78, 5) is 52.1. The zero-order valence-electron chi connectivity index (χ0n) is 22.6. The number of carbonyl (C=O) groups is 4. The van der Waals surface area contributed by atoms with Crippen LogP contribution < -0.4 is 11.1 Å². The van der Waals surface area contributed by atoms with Crippen molar-refractivity contribution in [3.8, 4) is 0 Å². The molecule has 0 bridgehead atoms. The number of amides is 2. The van der Waals surface area contributed by atoms with Gasteiger partial charge in [0.15, 0.2) is 12.4 Å². The summed E-state index contributed by atoms with van der Waals surface area (Å²) in [5.41, 5.74) is 5.64. The standard InChI is InChI=1S/C28H41N3O7/c1-16(32)28(37)13-10-21-19-5-4-17-14-18(8-11-26(17,2)20(19)9-12-27(21,28)3)31-38-15-24(34)30-22(25(35)36)6-7-23(29)33/h14,19-22,37H,4-13,15H2,1-3H3,(H2,29,33)(H,30,34)(H,35,36)/t19-,20+,21-,22-,26+,27+,28+/m1/s1. The summed E-state index contributed by atoms with van der Waals surface area (Å²) >= 11 is 0. The van der Waals surface area contributed by atoms with Gasteiger partial charge in [0.1, 0.15) is 11.6 Å². The van der Waals surface area contributed by atoms with Crippen molar-refractivity contribution in [2.24, 2.45) is 39.5 Å². The zero-order chi connectivity index (χ0) is 27.9. The van der Waals surface area contributed by atoms with Gasteiger partial charge in [0, 0.05) is 11.8 Å². The SMILES string of the molecule is CC(=O)[C@@]1(O)CC[C@@H]2[C@@H]3CCC4=CC(=NOCC(=O)N[C@H](CCC(N)=O)C(=O)O)CC[C@]4(C)[C@H]3CC[C@@]21C. The van der Waals surface area contributed by atoms with Crippen molar-refractivity contribution in [1.29, 1.82) is 0 Å². The van der Waals surface area contributed by atoms with Gasteiger partial charge in [-0.1, -0.05) is 24.6 Å². The highest BCUT2D eigenvalue weighted by Gasteiger charge is 2.65. The van der Waals surface area contributed by atoms with Gasteiger partial charge in [-0.05, 0) is 94.0 Å². The Bertz CT molecular complexity index is 1070. The van der Waals surface area contributed by atoms with E-state index in [1.54, 1.807) is 0 Å². The van der Waals surface area contributed by atoms with E-state index in [9.17, 15) is 29.4 Å². The maximum atomic E-state index is 12.4. The molecule has 0 spiro atoms. The molecule has 4 rings (SSSR count). The molecule has 3 saturated carbocycles. The molecule has 0 radical (unpaired) electrons. The van der Waals surface area contributed by atoms with Gasteiger partial charge in [-0.15, -0.1) is 0 Å². The molecule has 0 aromatic carbocycles. The van der Waals surface area contributed by atoms with Gasteiger partial charge < -0.3 is 26.1 Å². The minimum absolute atomic E-state index is 0.0344. The largest absolute Gasteiger partial charge is 0.480 e. The molecule has 7 atom stereocenters. The second-order valence-corrected chi connectivity index (χ2v) is 12.2. The fraction of sp³-hybridized carbons (Fsp3) is 0.750. The minimum atomic E-state index is -1.25. The Hall–Kier alpha value is -2.75. The van der Waals surface area contributed by atoms with Gasteiger partial charge in [-0.25, -0.2) is 4.79 Å². The number of nitrogens with one attached hydrogen (secondary N) is 1. The molecular weight excluding hydrogens is 490 g/mol. The number of carbonyl (C=O) groups excluding carboxylic acids is 3. The molecule has 0 aromatic heterocycles. The van der Waals surface area contributed by atoms with Gasteiger partial charge in [-0.2, -0.15) is 0 Å². The number of nitrogens with zero attached hydrogens (tertiary/aromatic N) is 1. The minimum Gasteiger partial charge on any atom is -0.480 e. The second-order valence-electron chi connectivity index (χ2n) is 12.2. The van der Waals surface area contributed by atoms with E-state index in [2.05, 4.69) is 30.4 Å². The Kier molecular flexibility index (Phi) is 7.76. The number of fused-ring (bicyclic) bond motifs is 5. The van der Waals surface area contributed by atoms with Crippen LogP contribution in [0.25, 0.3) is 0 Å². The molecule has 38 heavy (non-hydrogen) atoms. The van der Waals surface area contributed by atoms with Gasteiger partial charge in [0.25, 0.3) is 5.91 Å². The van der Waals surface area contributed by atoms with E-state index >= 15 is 0 Å². The summed E-state index contributed by atoms with van der Waals surface area (Å²) < 4.78 is 0. The number of hydrogen-bond donors (Lipinski definition) is 4. The van der Waals surface area contributed by atoms with Crippen LogP contribution in [0.5, 0.6) is 0 Å². The Labute approximate surface area is 223 Å². The molecule has 10 heteroatoms. The maximum absolute atomic E-state index is 12.4. The number of aliphatic hydroxyl groups is 1. The number of rotatable bonds is 9. The number of carboxylic acid groups (broad SMARTS) is 1. The highest BCUT2D eigenvalue weighted by molar-refractivity contribution is 5.96. The second kappa shape index (κ2) is 10.4. The summed E-state index contributed by atoms with van der Waals surface area (Å²) in [6, 6.07) is -1.22. The first-order valence-corrected chi connectivity index (χ1v) is 13.8. The van der Waals surface area contributed by atoms with Crippen LogP contribution in [0.2, 0.25) is 0 Å². The first-order chi connectivity index (χ1) is 17.8. The Morgan fingerprint density at radius 2 is 1.84 bits per heavy atom. The van der Waals surface area contributed by atoms with Crippen LogP contribution in [0, 0.1) is 28.6 Å². The molecule has 0 aromatic rings. The van der Waals surface area contributed by atoms with E-state index in [0.29, 0.717) is 30.6 Å². The predicted molar refractivity (Wildman–Crippen MR) is 139 cm³/mol. The smallest absolute Gasteiger partial charge is 0.326 e. The summed E-state index contributed by atoms with van der Waals surface area (Å²) in [5, 5.41) is 27.0. The lowest BCUT2D eigenvalue weighted by Crippen LogP contribution is -2.57. The van der Waals surface area contributed by atoms with Gasteiger partial charge >= 0.3 is 5.97 Å². The van der Waals surface area contributed by atoms with Crippen LogP contribution >= 0.6 is 0 Å². The summed E-state index contributed by atoms with van der Waals surface area (Å²) in [6.45, 7) is 5.58. The van der Waals surface area contributed by atoms with Crippen molar-refractivity contribution < 1.29 is 34.2 Å². The monoisotopic (exact) mass is 531 g/mol. The van der Waals surface area contributed by atoms with Gasteiger partial charge in [0.2, 0.25) is 5.91 Å². The van der Waals surface area contributed by atoms with Crippen LogP contribution in [-0.2, 0) is 24.0 Å². The fourth-order valence-corrected chi connectivity index (χ4v) is 8.19. The van der Waals surface area contributed by atoms with Crippen LogP contribution in [0.1, 0.15) is 85.0 Å². The molecule has 4 aliphatic carbocycles. The van der Waals surface area contributed by atoms with E-state index in [4.69, 9.17) is 10.6 Å². The van der Waals surface area contributed by atoms with E-state index in [1.165, 1.54) is 12.5 Å². The number of aliphatic carboxylic acids is 1. The number of hydrogen-bond acceptors (Lipinski definition) is 7. The maximum Gasteiger partial charge on any atom is 0.326 e. The quantitative estimate of drug-likeness (QED) is 0.331. The van der Waals surface area contributed by atoms with Crippen LogP contribution in [0.15, 0.2) is 16.8 Å². The van der Waals surface area contributed by atoms with E-state index in [0.717, 1.165) is 44.2 Å². The van der Waals surface area contributed by atoms with Crippen LogP contribution in [-0.4, -0.2) is 57.7 Å². The highest BCUT2D eigenvalue weighted by Crippen LogP contribution is 2.67. The molecule has 3 fully saturated rings. The first kappa shape index (κ1) is 28.3. The van der Waals surface area contributed by atoms with E-state index in [1.807, 2.05) is 0 Å². The Morgan fingerprint density at radius 1 is 1.13 bits per heavy atom. The normalized spacial score (nSPS) is 37.7. The van der Waals surface area contributed by atoms with Crippen molar-refractivity contribution in [2.45, 2.75) is 96.6 Å². The van der Waals surface area contributed by atoms with E-state index < -0.39 is 36.0 Å². The molecule has 5 N–H and O–H groups in total. The number of carboxylic acids is 1. The van der Waals surface area contributed by atoms with Crippen molar-refractivity contribution >= 4 is 29.3 Å². The van der Waals surface area contributed by atoms with Gasteiger partial charge in [-0.3, -0.25) is 14.4 Å². The highest BCUT2D eigenvalue weighted by atomic mass is 16.6. The lowest BCUT2D eigenvalue weighted by Gasteiger charge is -2.59. The summed E-state index contributed by atoms with van der Waals surface area (Å²) in [5.74, 6) is -1.28. The fourth-order valence-electron chi connectivity index (χ4n) is 8.19. The van der Waals surface area contributed by atoms with Crippen molar-refractivity contribution in [1.82, 2.24) is 5.32 Å². The third-order valence-electron chi connectivity index (χ3n) is 10.4. The molecule has 2 amide bonds. The molecule has 4 aliphatic rings. The molecule has 0 heterocycles. The van der Waals surface area contributed by atoms with Crippen LogP contribution in [0.3, 0.4) is 0 Å². The number of allylic oxidation sites excluding steroid dienone is 2. The number of oxime groups is 1. The lowest BCUT2D eigenvalue weighted by atomic mass is 9.46. The van der Waals surface area contributed by atoms with E-state index in [-0.39, 0.29) is 29.5 Å². The topological polar surface area (TPSA) is 168 Å². The summed E-state index contributed by atoms with van der Waals surface area (Å²) in [7, 11) is 0. The Morgan fingerprint density at radius 3 is 2.50 bits per heavy atom. The molecule has 210 valence electrons. The number of primary amides is 1. The average molecular weight is 532 g/mol. The number of nitrogens with two attached hydrogens (primary N) is 1. The summed E-state index contributed by atoms with van der Waals surface area (Å²) in [6.07, 6.45) is 8.75. The first-order valence-electron chi connectivity index (χ1n) is 13.8. The third kappa shape index (κ3) is 4.87. The number of ketones is 1. The van der Waals surface area contributed by atoms with Crippen LogP contribution in [0.4, 0.5) is 0 Å². The molecule has 0 aliphatic heterocycles. The van der Waals surface area contributed by atoms with Crippen molar-refractivity contribution in [3.63, 3.8) is 0 Å². The van der Waals surface area contributed by atoms with Crippen molar-refractivity contribution in [3.05, 3.63) is 11.6 Å². The number of Topliss-reactive ketones (excluding diaryl/α,β-unsaturated/α-hetero) is 1. The van der Waals surface area contributed by atoms with Gasteiger partial charge in [0.05, 0.1) is 5.71 Å².